The quantitative estimate of drug-likeness (QED) is 0.844. The van der Waals surface area contributed by atoms with Crippen LogP contribution in [-0.4, -0.2) is 40.0 Å². The molecule has 2 aliphatic rings. The van der Waals surface area contributed by atoms with E-state index < -0.39 is 0 Å². The first-order valence-corrected chi connectivity index (χ1v) is 6.63. The van der Waals surface area contributed by atoms with Crippen LogP contribution in [0, 0.1) is 6.92 Å². The Balaban J connectivity index is 1.69. The number of anilines is 1. The van der Waals surface area contributed by atoms with Crippen molar-refractivity contribution in [2.24, 2.45) is 0 Å². The standard InChI is InChI=1S/C13H20N4/c1-10-5-7-14-13(15-10)16-11-6-9-17-8-3-2-4-12(11)17/h5,7,11-12H,2-4,6,8-9H2,1H3,(H,14,15,16)/t11-,12+/m1/s1. The Morgan fingerprint density at radius 2 is 2.24 bits per heavy atom. The number of aromatic nitrogens is 2. The zero-order chi connectivity index (χ0) is 11.7. The van der Waals surface area contributed by atoms with Crippen LogP contribution in [0.15, 0.2) is 12.3 Å². The van der Waals surface area contributed by atoms with Crippen LogP contribution in [0.25, 0.3) is 0 Å². The number of fused-ring (bicyclic) bond motifs is 1. The van der Waals surface area contributed by atoms with Crippen molar-refractivity contribution in [2.75, 3.05) is 18.4 Å². The molecule has 0 radical (unpaired) electrons. The Labute approximate surface area is 102 Å². The van der Waals surface area contributed by atoms with Gasteiger partial charge in [0, 0.05) is 30.5 Å². The molecule has 0 unspecified atom stereocenters. The van der Waals surface area contributed by atoms with E-state index in [9.17, 15) is 0 Å². The third-order valence-corrected chi connectivity index (χ3v) is 3.97. The fourth-order valence-corrected chi connectivity index (χ4v) is 3.10. The van der Waals surface area contributed by atoms with Crippen molar-refractivity contribution in [3.8, 4) is 0 Å². The molecule has 0 amide bonds. The lowest BCUT2D eigenvalue weighted by atomic mass is 9.99. The van der Waals surface area contributed by atoms with Gasteiger partial charge in [-0.1, -0.05) is 6.42 Å². The third kappa shape index (κ3) is 2.27. The van der Waals surface area contributed by atoms with E-state index in [-0.39, 0.29) is 0 Å². The summed E-state index contributed by atoms with van der Waals surface area (Å²) >= 11 is 0. The second-order valence-electron chi connectivity index (χ2n) is 5.16. The van der Waals surface area contributed by atoms with Crippen LogP contribution < -0.4 is 5.32 Å². The summed E-state index contributed by atoms with van der Waals surface area (Å²) in [5, 5.41) is 3.52. The lowest BCUT2D eigenvalue weighted by molar-refractivity contribution is 0.192. The second-order valence-corrected chi connectivity index (χ2v) is 5.16. The molecule has 0 aromatic carbocycles. The highest BCUT2D eigenvalue weighted by molar-refractivity contribution is 5.28. The molecule has 4 heteroatoms. The fraction of sp³-hybridized carbons (Fsp3) is 0.692. The van der Waals surface area contributed by atoms with Crippen molar-refractivity contribution in [1.82, 2.24) is 14.9 Å². The van der Waals surface area contributed by atoms with Gasteiger partial charge in [-0.3, -0.25) is 4.90 Å². The number of nitrogens with zero attached hydrogens (tertiary/aromatic N) is 3. The molecular weight excluding hydrogens is 212 g/mol. The highest BCUT2D eigenvalue weighted by Gasteiger charge is 2.35. The minimum atomic E-state index is 0.539. The Morgan fingerprint density at radius 1 is 1.29 bits per heavy atom. The summed E-state index contributed by atoms with van der Waals surface area (Å²) in [7, 11) is 0. The van der Waals surface area contributed by atoms with E-state index in [1.54, 1.807) is 0 Å². The average molecular weight is 232 g/mol. The van der Waals surface area contributed by atoms with Crippen molar-refractivity contribution in [3.05, 3.63) is 18.0 Å². The molecule has 2 fully saturated rings. The summed E-state index contributed by atoms with van der Waals surface area (Å²) in [4.78, 5) is 11.4. The monoisotopic (exact) mass is 232 g/mol. The molecule has 3 rings (SSSR count). The molecule has 2 aliphatic heterocycles. The van der Waals surface area contributed by atoms with Crippen molar-refractivity contribution in [2.45, 2.75) is 44.7 Å². The molecule has 17 heavy (non-hydrogen) atoms. The lowest BCUT2D eigenvalue weighted by Crippen LogP contribution is -2.42. The summed E-state index contributed by atoms with van der Waals surface area (Å²) in [6, 6.07) is 3.18. The van der Waals surface area contributed by atoms with Crippen LogP contribution in [0.1, 0.15) is 31.4 Å². The van der Waals surface area contributed by atoms with Crippen molar-refractivity contribution < 1.29 is 0 Å². The zero-order valence-electron chi connectivity index (χ0n) is 10.4. The number of hydrogen-bond donors (Lipinski definition) is 1. The Morgan fingerprint density at radius 3 is 3.12 bits per heavy atom. The molecule has 0 bridgehead atoms. The minimum Gasteiger partial charge on any atom is -0.350 e. The second kappa shape index (κ2) is 4.61. The first kappa shape index (κ1) is 11.0. The van der Waals surface area contributed by atoms with Crippen molar-refractivity contribution in [1.29, 1.82) is 0 Å². The molecule has 0 aliphatic carbocycles. The largest absolute Gasteiger partial charge is 0.350 e. The first-order chi connectivity index (χ1) is 8.33. The van der Waals surface area contributed by atoms with E-state index in [1.165, 1.54) is 38.8 Å². The summed E-state index contributed by atoms with van der Waals surface area (Å²) in [6.45, 7) is 4.51. The van der Waals surface area contributed by atoms with Crippen LogP contribution in [0.5, 0.6) is 0 Å². The van der Waals surface area contributed by atoms with E-state index in [0.717, 1.165) is 11.6 Å². The number of nitrogens with one attached hydrogen (secondary N) is 1. The maximum atomic E-state index is 4.43. The summed E-state index contributed by atoms with van der Waals surface area (Å²) < 4.78 is 0. The predicted octanol–water partition coefficient (Wildman–Crippen LogP) is 1.82. The first-order valence-electron chi connectivity index (χ1n) is 6.63. The topological polar surface area (TPSA) is 41.1 Å². The molecule has 4 nitrogen and oxygen atoms in total. The Hall–Kier alpha value is -1.16. The minimum absolute atomic E-state index is 0.539. The number of piperidine rings is 1. The summed E-state index contributed by atoms with van der Waals surface area (Å²) in [5.41, 5.74) is 1.03. The molecule has 2 atom stereocenters. The van der Waals surface area contributed by atoms with Crippen LogP contribution in [0.3, 0.4) is 0 Å². The maximum absolute atomic E-state index is 4.43. The van der Waals surface area contributed by atoms with Crippen LogP contribution in [0.2, 0.25) is 0 Å². The number of rotatable bonds is 2. The maximum Gasteiger partial charge on any atom is 0.223 e. The fourth-order valence-electron chi connectivity index (χ4n) is 3.10. The van der Waals surface area contributed by atoms with E-state index in [0.29, 0.717) is 12.1 Å². The third-order valence-electron chi connectivity index (χ3n) is 3.97. The van der Waals surface area contributed by atoms with E-state index >= 15 is 0 Å². The average Bonchev–Trinajstić information content (AvgIpc) is 2.73. The van der Waals surface area contributed by atoms with Crippen molar-refractivity contribution in [3.63, 3.8) is 0 Å². The molecular formula is C13H20N4. The van der Waals surface area contributed by atoms with Gasteiger partial charge in [-0.05, 0) is 38.8 Å². The van der Waals surface area contributed by atoms with Gasteiger partial charge in [0.2, 0.25) is 5.95 Å². The SMILES string of the molecule is Cc1ccnc(N[C@@H]2CCN3CCCC[C@@H]23)n1. The summed E-state index contributed by atoms with van der Waals surface area (Å²) in [5.74, 6) is 0.794. The molecule has 92 valence electrons. The van der Waals surface area contributed by atoms with Gasteiger partial charge in [-0.2, -0.15) is 0 Å². The van der Waals surface area contributed by atoms with Crippen LogP contribution in [-0.2, 0) is 0 Å². The van der Waals surface area contributed by atoms with Gasteiger partial charge < -0.3 is 5.32 Å². The molecule has 0 spiro atoms. The Bertz CT molecular complexity index is 393. The van der Waals surface area contributed by atoms with Gasteiger partial charge in [-0.15, -0.1) is 0 Å². The molecule has 1 N–H and O–H groups in total. The normalized spacial score (nSPS) is 29.0. The van der Waals surface area contributed by atoms with Gasteiger partial charge in [-0.25, -0.2) is 9.97 Å². The Kier molecular flexibility index (Phi) is 2.97. The predicted molar refractivity (Wildman–Crippen MR) is 68.0 cm³/mol. The molecule has 1 aromatic heterocycles. The zero-order valence-corrected chi connectivity index (χ0v) is 10.4. The highest BCUT2D eigenvalue weighted by atomic mass is 15.2. The van der Waals surface area contributed by atoms with Gasteiger partial charge in [0.15, 0.2) is 0 Å². The van der Waals surface area contributed by atoms with Crippen LogP contribution in [0.4, 0.5) is 5.95 Å². The van der Waals surface area contributed by atoms with Gasteiger partial charge >= 0.3 is 0 Å². The highest BCUT2D eigenvalue weighted by Crippen LogP contribution is 2.28. The van der Waals surface area contributed by atoms with E-state index in [1.807, 2.05) is 19.2 Å². The van der Waals surface area contributed by atoms with Gasteiger partial charge in [0.25, 0.3) is 0 Å². The molecule has 1 aromatic rings. The van der Waals surface area contributed by atoms with Crippen LogP contribution >= 0.6 is 0 Å². The molecule has 3 heterocycles. The lowest BCUT2D eigenvalue weighted by Gasteiger charge is -2.32. The van der Waals surface area contributed by atoms with Gasteiger partial charge in [0.05, 0.1) is 0 Å². The number of hydrogen-bond acceptors (Lipinski definition) is 4. The van der Waals surface area contributed by atoms with Gasteiger partial charge in [0.1, 0.15) is 0 Å². The van der Waals surface area contributed by atoms with E-state index in [2.05, 4.69) is 20.2 Å². The van der Waals surface area contributed by atoms with E-state index in [4.69, 9.17) is 0 Å². The van der Waals surface area contributed by atoms with Crippen molar-refractivity contribution >= 4 is 5.95 Å². The molecule has 2 saturated heterocycles. The molecule has 0 saturated carbocycles. The summed E-state index contributed by atoms with van der Waals surface area (Å²) in [6.07, 6.45) is 7.11. The smallest absolute Gasteiger partial charge is 0.223 e. The number of aryl methyl sites for hydroxylation is 1.